The van der Waals surface area contributed by atoms with E-state index in [1.54, 1.807) is 0 Å². The maximum absolute atomic E-state index is 9.32. The molecule has 4 aromatic rings. The van der Waals surface area contributed by atoms with E-state index in [0.717, 1.165) is 24.4 Å². The quantitative estimate of drug-likeness (QED) is 0.420. The number of para-hydroxylation sites is 2. The number of aliphatic hydroxyl groups is 1. The molecule has 6 heteroatoms. The van der Waals surface area contributed by atoms with Gasteiger partial charge in [-0.2, -0.15) is 4.98 Å². The van der Waals surface area contributed by atoms with Crippen molar-refractivity contribution in [1.29, 1.82) is 0 Å². The SMILES string of the molecule is OCCN(CCOc1ccc(Oc2nc3ccccc3o2)cc1)Cc1ccccc1. The minimum Gasteiger partial charge on any atom is -0.492 e. The lowest BCUT2D eigenvalue weighted by Gasteiger charge is -2.21. The molecule has 0 unspecified atom stereocenters. The topological polar surface area (TPSA) is 68.0 Å². The van der Waals surface area contributed by atoms with Gasteiger partial charge in [-0.1, -0.05) is 42.5 Å². The normalized spacial score (nSPS) is 11.1. The predicted octanol–water partition coefficient (Wildman–Crippen LogP) is 4.49. The van der Waals surface area contributed by atoms with Gasteiger partial charge in [-0.3, -0.25) is 4.90 Å². The summed E-state index contributed by atoms with van der Waals surface area (Å²) in [4.78, 5) is 6.47. The van der Waals surface area contributed by atoms with E-state index in [1.165, 1.54) is 5.56 Å². The van der Waals surface area contributed by atoms with Crippen LogP contribution >= 0.6 is 0 Å². The van der Waals surface area contributed by atoms with E-state index < -0.39 is 0 Å². The third-order valence-corrected chi connectivity index (χ3v) is 4.64. The molecule has 4 rings (SSSR count). The Kier molecular flexibility index (Phi) is 6.59. The summed E-state index contributed by atoms with van der Waals surface area (Å²) in [6, 6.07) is 25.1. The van der Waals surface area contributed by atoms with E-state index in [-0.39, 0.29) is 12.7 Å². The molecule has 0 aliphatic rings. The lowest BCUT2D eigenvalue weighted by atomic mass is 10.2. The molecule has 0 bridgehead atoms. The van der Waals surface area contributed by atoms with Crippen molar-refractivity contribution >= 4 is 11.1 Å². The first kappa shape index (κ1) is 19.9. The standard InChI is InChI=1S/C24H24N2O4/c27-16-14-26(18-19-6-2-1-3-7-19)15-17-28-20-10-12-21(13-11-20)29-24-25-22-8-4-5-9-23(22)30-24/h1-13,27H,14-18H2. The van der Waals surface area contributed by atoms with E-state index in [2.05, 4.69) is 22.0 Å². The van der Waals surface area contributed by atoms with Gasteiger partial charge in [0.25, 0.3) is 0 Å². The van der Waals surface area contributed by atoms with Crippen molar-refractivity contribution in [3.05, 3.63) is 84.4 Å². The molecule has 6 nitrogen and oxygen atoms in total. The summed E-state index contributed by atoms with van der Waals surface area (Å²) in [6.45, 7) is 2.75. The van der Waals surface area contributed by atoms with Gasteiger partial charge in [0, 0.05) is 19.6 Å². The van der Waals surface area contributed by atoms with Crippen LogP contribution in [0.25, 0.3) is 11.1 Å². The number of hydrogen-bond donors (Lipinski definition) is 1. The summed E-state index contributed by atoms with van der Waals surface area (Å²) in [7, 11) is 0. The number of aromatic nitrogens is 1. The Morgan fingerprint density at radius 3 is 2.33 bits per heavy atom. The van der Waals surface area contributed by atoms with Crippen molar-refractivity contribution in [2.45, 2.75) is 6.54 Å². The zero-order chi connectivity index (χ0) is 20.6. The predicted molar refractivity (Wildman–Crippen MR) is 115 cm³/mol. The smallest absolute Gasteiger partial charge is 0.400 e. The number of benzene rings is 3. The molecular formula is C24H24N2O4. The second-order valence-corrected chi connectivity index (χ2v) is 6.85. The van der Waals surface area contributed by atoms with E-state index >= 15 is 0 Å². The minimum atomic E-state index is 0.120. The zero-order valence-electron chi connectivity index (χ0n) is 16.6. The molecule has 1 aromatic heterocycles. The Morgan fingerprint density at radius 2 is 1.57 bits per heavy atom. The van der Waals surface area contributed by atoms with Gasteiger partial charge in [-0.05, 0) is 42.0 Å². The van der Waals surface area contributed by atoms with Gasteiger partial charge in [0.05, 0.1) is 6.61 Å². The van der Waals surface area contributed by atoms with Crippen LogP contribution in [0.4, 0.5) is 0 Å². The Labute approximate surface area is 175 Å². The van der Waals surface area contributed by atoms with Crippen molar-refractivity contribution in [1.82, 2.24) is 9.88 Å². The lowest BCUT2D eigenvalue weighted by Crippen LogP contribution is -2.30. The van der Waals surface area contributed by atoms with Gasteiger partial charge in [0.2, 0.25) is 0 Å². The zero-order valence-corrected chi connectivity index (χ0v) is 16.6. The molecule has 0 spiro atoms. The fraction of sp³-hybridized carbons (Fsp3) is 0.208. The van der Waals surface area contributed by atoms with Gasteiger partial charge in [-0.15, -0.1) is 0 Å². The van der Waals surface area contributed by atoms with Gasteiger partial charge >= 0.3 is 6.08 Å². The molecular weight excluding hydrogens is 380 g/mol. The van der Waals surface area contributed by atoms with Crippen molar-refractivity contribution in [2.24, 2.45) is 0 Å². The monoisotopic (exact) mass is 404 g/mol. The first-order valence-electron chi connectivity index (χ1n) is 9.93. The summed E-state index contributed by atoms with van der Waals surface area (Å²) in [5.74, 6) is 1.38. The number of hydrogen-bond acceptors (Lipinski definition) is 6. The van der Waals surface area contributed by atoms with Gasteiger partial charge in [-0.25, -0.2) is 0 Å². The van der Waals surface area contributed by atoms with E-state index in [1.807, 2.05) is 66.7 Å². The van der Waals surface area contributed by atoms with E-state index in [4.69, 9.17) is 13.9 Å². The van der Waals surface area contributed by atoms with Crippen LogP contribution in [-0.2, 0) is 6.54 Å². The summed E-state index contributed by atoms with van der Waals surface area (Å²) >= 11 is 0. The Morgan fingerprint density at radius 1 is 0.833 bits per heavy atom. The molecule has 154 valence electrons. The first-order chi connectivity index (χ1) is 14.8. The van der Waals surface area contributed by atoms with Crippen LogP contribution in [0.2, 0.25) is 0 Å². The average molecular weight is 404 g/mol. The van der Waals surface area contributed by atoms with Crippen molar-refractivity contribution in [2.75, 3.05) is 26.3 Å². The number of nitrogens with zero attached hydrogens (tertiary/aromatic N) is 2. The van der Waals surface area contributed by atoms with Crippen LogP contribution in [0.5, 0.6) is 17.6 Å². The van der Waals surface area contributed by atoms with Gasteiger partial charge in [0.1, 0.15) is 23.6 Å². The fourth-order valence-corrected chi connectivity index (χ4v) is 3.15. The average Bonchev–Trinajstić information content (AvgIpc) is 3.18. The number of fused-ring (bicyclic) bond motifs is 1. The lowest BCUT2D eigenvalue weighted by molar-refractivity contribution is 0.163. The van der Waals surface area contributed by atoms with Crippen LogP contribution in [-0.4, -0.2) is 41.3 Å². The summed E-state index contributed by atoms with van der Waals surface area (Å²) in [5.41, 5.74) is 2.66. The third kappa shape index (κ3) is 5.37. The third-order valence-electron chi connectivity index (χ3n) is 4.64. The van der Waals surface area contributed by atoms with Gasteiger partial charge in [0.15, 0.2) is 5.58 Å². The molecule has 1 heterocycles. The van der Waals surface area contributed by atoms with Crippen molar-refractivity contribution < 1.29 is 19.0 Å². The van der Waals surface area contributed by atoms with Crippen LogP contribution in [0.3, 0.4) is 0 Å². The van der Waals surface area contributed by atoms with Crippen molar-refractivity contribution in [3.8, 4) is 17.6 Å². The summed E-state index contributed by atoms with van der Waals surface area (Å²) in [5, 5.41) is 9.32. The van der Waals surface area contributed by atoms with E-state index in [9.17, 15) is 5.11 Å². The van der Waals surface area contributed by atoms with Gasteiger partial charge < -0.3 is 19.0 Å². The molecule has 0 saturated heterocycles. The summed E-state index contributed by atoms with van der Waals surface area (Å²) < 4.78 is 17.1. The highest BCUT2D eigenvalue weighted by Crippen LogP contribution is 2.26. The number of rotatable bonds is 10. The Bertz CT molecular complexity index is 1010. The molecule has 0 atom stereocenters. The molecule has 0 aliphatic heterocycles. The van der Waals surface area contributed by atoms with Crippen LogP contribution in [0.15, 0.2) is 83.3 Å². The van der Waals surface area contributed by atoms with Crippen LogP contribution in [0.1, 0.15) is 5.56 Å². The second-order valence-electron chi connectivity index (χ2n) is 6.85. The first-order valence-corrected chi connectivity index (χ1v) is 9.93. The molecule has 0 radical (unpaired) electrons. The molecule has 1 N–H and O–H groups in total. The highest BCUT2D eigenvalue weighted by atomic mass is 16.6. The second kappa shape index (κ2) is 9.91. The Hall–Kier alpha value is -3.35. The molecule has 0 amide bonds. The molecule has 0 aliphatic carbocycles. The number of aliphatic hydroxyl groups excluding tert-OH is 1. The van der Waals surface area contributed by atoms with E-state index in [0.29, 0.717) is 24.5 Å². The minimum absolute atomic E-state index is 0.120. The molecule has 3 aromatic carbocycles. The number of oxazole rings is 1. The molecule has 0 fully saturated rings. The fourth-order valence-electron chi connectivity index (χ4n) is 3.15. The van der Waals surface area contributed by atoms with Crippen LogP contribution < -0.4 is 9.47 Å². The largest absolute Gasteiger partial charge is 0.492 e. The highest BCUT2D eigenvalue weighted by molar-refractivity contribution is 5.72. The maximum Gasteiger partial charge on any atom is 0.400 e. The highest BCUT2D eigenvalue weighted by Gasteiger charge is 2.08. The molecule has 0 saturated carbocycles. The van der Waals surface area contributed by atoms with Crippen LogP contribution in [0, 0.1) is 0 Å². The Balaban J connectivity index is 1.28. The number of ether oxygens (including phenoxy) is 2. The molecule has 30 heavy (non-hydrogen) atoms. The van der Waals surface area contributed by atoms with Crippen molar-refractivity contribution in [3.63, 3.8) is 0 Å². The summed E-state index contributed by atoms with van der Waals surface area (Å²) in [6.07, 6.45) is 0.213. The maximum atomic E-state index is 9.32.